The fourth-order valence-electron chi connectivity index (χ4n) is 2.84. The zero-order valence-corrected chi connectivity index (χ0v) is 12.1. The van der Waals surface area contributed by atoms with E-state index in [-0.39, 0.29) is 5.60 Å². The molecule has 0 saturated carbocycles. The Kier molecular flexibility index (Phi) is 3.90. The Hall–Kier alpha value is -0.480. The number of nitrogens with one attached hydrogen (secondary N) is 1. The van der Waals surface area contributed by atoms with Crippen molar-refractivity contribution < 1.29 is 9.47 Å². The molecule has 1 N–H and O–H groups in total. The molecule has 2 fully saturated rings. The van der Waals surface area contributed by atoms with Crippen LogP contribution in [0.1, 0.15) is 19.3 Å². The number of halogens is 2. The second-order valence-corrected chi connectivity index (χ2v) is 6.14. The highest BCUT2D eigenvalue weighted by atomic mass is 35.5. The fraction of sp³-hybridized carbons (Fsp3) is 0.571. The van der Waals surface area contributed by atoms with E-state index in [4.69, 9.17) is 32.7 Å². The third-order valence-corrected chi connectivity index (χ3v) is 4.41. The van der Waals surface area contributed by atoms with Crippen LogP contribution in [0.25, 0.3) is 0 Å². The monoisotopic (exact) mass is 301 g/mol. The van der Waals surface area contributed by atoms with Gasteiger partial charge in [-0.15, -0.1) is 0 Å². The lowest BCUT2D eigenvalue weighted by Gasteiger charge is -2.37. The molecule has 1 aromatic carbocycles. The van der Waals surface area contributed by atoms with Gasteiger partial charge >= 0.3 is 0 Å². The molecule has 0 radical (unpaired) electrons. The van der Waals surface area contributed by atoms with E-state index in [1.54, 1.807) is 6.07 Å². The smallest absolute Gasteiger partial charge is 0.0956 e. The van der Waals surface area contributed by atoms with Crippen molar-refractivity contribution >= 4 is 28.9 Å². The second kappa shape index (κ2) is 5.49. The molecular weight excluding hydrogens is 285 g/mol. The summed E-state index contributed by atoms with van der Waals surface area (Å²) in [7, 11) is 0. The van der Waals surface area contributed by atoms with E-state index in [2.05, 4.69) is 5.32 Å². The molecule has 2 aliphatic heterocycles. The highest BCUT2D eigenvalue weighted by Gasteiger charge is 2.41. The summed E-state index contributed by atoms with van der Waals surface area (Å²) < 4.78 is 11.4. The molecule has 3 rings (SSSR count). The molecule has 0 aromatic heterocycles. The van der Waals surface area contributed by atoms with Gasteiger partial charge in [-0.25, -0.2) is 0 Å². The number of benzene rings is 1. The minimum atomic E-state index is -0.0963. The lowest BCUT2D eigenvalue weighted by Crippen LogP contribution is -2.44. The Morgan fingerprint density at radius 3 is 2.95 bits per heavy atom. The van der Waals surface area contributed by atoms with E-state index in [9.17, 15) is 0 Å². The third kappa shape index (κ3) is 3.00. The first kappa shape index (κ1) is 13.5. The Bertz CT molecular complexity index is 461. The van der Waals surface area contributed by atoms with E-state index in [1.807, 2.05) is 12.1 Å². The maximum absolute atomic E-state index is 6.19. The van der Waals surface area contributed by atoms with Gasteiger partial charge < -0.3 is 14.8 Å². The molecule has 1 aromatic rings. The van der Waals surface area contributed by atoms with Gasteiger partial charge in [-0.05, 0) is 31.0 Å². The molecule has 2 heterocycles. The fourth-order valence-corrected chi connectivity index (χ4v) is 3.19. The van der Waals surface area contributed by atoms with Gasteiger partial charge in [0.05, 0.1) is 22.9 Å². The van der Waals surface area contributed by atoms with Gasteiger partial charge in [-0.3, -0.25) is 0 Å². The number of rotatable bonds is 2. The van der Waals surface area contributed by atoms with Gasteiger partial charge in [0.15, 0.2) is 0 Å². The molecule has 2 unspecified atom stereocenters. The van der Waals surface area contributed by atoms with Gasteiger partial charge in [0.1, 0.15) is 0 Å². The van der Waals surface area contributed by atoms with Gasteiger partial charge in [-0.2, -0.15) is 0 Å². The lowest BCUT2D eigenvalue weighted by atomic mass is 9.89. The highest BCUT2D eigenvalue weighted by Crippen LogP contribution is 2.35. The third-order valence-electron chi connectivity index (χ3n) is 3.85. The highest BCUT2D eigenvalue weighted by molar-refractivity contribution is 6.35. The van der Waals surface area contributed by atoms with Crippen LogP contribution in [0.15, 0.2) is 18.2 Å². The maximum Gasteiger partial charge on any atom is 0.0956 e. The molecule has 19 heavy (non-hydrogen) atoms. The minimum Gasteiger partial charge on any atom is -0.381 e. The van der Waals surface area contributed by atoms with Crippen LogP contribution in [0.3, 0.4) is 0 Å². The summed E-state index contributed by atoms with van der Waals surface area (Å²) in [5.41, 5.74) is 0.802. The lowest BCUT2D eigenvalue weighted by molar-refractivity contribution is -0.0828. The summed E-state index contributed by atoms with van der Waals surface area (Å²) in [4.78, 5) is 0. The normalized spacial score (nSPS) is 30.7. The van der Waals surface area contributed by atoms with E-state index < -0.39 is 0 Å². The SMILES string of the molecule is Clc1ccc(Cl)c(NC2CCOC3(CCOC3)C2)c1. The van der Waals surface area contributed by atoms with Crippen LogP contribution < -0.4 is 5.32 Å². The van der Waals surface area contributed by atoms with Crippen LogP contribution in [0.4, 0.5) is 5.69 Å². The summed E-state index contributed by atoms with van der Waals surface area (Å²) in [6.45, 7) is 2.26. The molecule has 2 atom stereocenters. The van der Waals surface area contributed by atoms with Crippen molar-refractivity contribution in [2.24, 2.45) is 0 Å². The molecular formula is C14H17Cl2NO2. The van der Waals surface area contributed by atoms with Gasteiger partial charge in [-0.1, -0.05) is 23.2 Å². The summed E-state index contributed by atoms with van der Waals surface area (Å²) in [5.74, 6) is 0. The Balaban J connectivity index is 1.70. The van der Waals surface area contributed by atoms with Gasteiger partial charge in [0.25, 0.3) is 0 Å². The first-order valence-electron chi connectivity index (χ1n) is 6.60. The quantitative estimate of drug-likeness (QED) is 0.902. The van der Waals surface area contributed by atoms with Crippen molar-refractivity contribution in [3.63, 3.8) is 0 Å². The van der Waals surface area contributed by atoms with E-state index in [0.29, 0.717) is 22.7 Å². The van der Waals surface area contributed by atoms with Crippen molar-refractivity contribution in [1.82, 2.24) is 0 Å². The molecule has 0 bridgehead atoms. The average Bonchev–Trinajstić information content (AvgIpc) is 2.82. The maximum atomic E-state index is 6.19. The first-order valence-corrected chi connectivity index (χ1v) is 7.36. The topological polar surface area (TPSA) is 30.5 Å². The van der Waals surface area contributed by atoms with Crippen LogP contribution in [0, 0.1) is 0 Å². The molecule has 2 saturated heterocycles. The van der Waals surface area contributed by atoms with Crippen LogP contribution >= 0.6 is 23.2 Å². The van der Waals surface area contributed by atoms with Crippen molar-refractivity contribution in [2.75, 3.05) is 25.1 Å². The van der Waals surface area contributed by atoms with Crippen LogP contribution in [0.5, 0.6) is 0 Å². The molecule has 5 heteroatoms. The summed E-state index contributed by atoms with van der Waals surface area (Å²) in [6.07, 6.45) is 2.91. The van der Waals surface area contributed by atoms with Crippen molar-refractivity contribution in [2.45, 2.75) is 30.9 Å². The van der Waals surface area contributed by atoms with Crippen molar-refractivity contribution in [1.29, 1.82) is 0 Å². The van der Waals surface area contributed by atoms with Crippen LogP contribution in [0.2, 0.25) is 10.0 Å². The summed E-state index contributed by atoms with van der Waals surface area (Å²) >= 11 is 12.2. The van der Waals surface area contributed by atoms with Gasteiger partial charge in [0.2, 0.25) is 0 Å². The van der Waals surface area contributed by atoms with Crippen LogP contribution in [-0.2, 0) is 9.47 Å². The predicted octanol–water partition coefficient (Wildman–Crippen LogP) is 3.74. The Morgan fingerprint density at radius 2 is 2.16 bits per heavy atom. The molecule has 2 aliphatic rings. The van der Waals surface area contributed by atoms with Crippen molar-refractivity contribution in [3.05, 3.63) is 28.2 Å². The summed E-state index contributed by atoms with van der Waals surface area (Å²) in [6, 6.07) is 5.84. The largest absolute Gasteiger partial charge is 0.381 e. The molecule has 0 aliphatic carbocycles. The second-order valence-electron chi connectivity index (χ2n) is 5.29. The van der Waals surface area contributed by atoms with E-state index in [1.165, 1.54) is 0 Å². The number of ether oxygens (including phenoxy) is 2. The molecule has 1 spiro atoms. The van der Waals surface area contributed by atoms with E-state index in [0.717, 1.165) is 38.2 Å². The Labute approximate surface area is 123 Å². The van der Waals surface area contributed by atoms with Gasteiger partial charge in [0, 0.05) is 30.7 Å². The average molecular weight is 302 g/mol. The van der Waals surface area contributed by atoms with Crippen LogP contribution in [-0.4, -0.2) is 31.5 Å². The number of hydrogen-bond acceptors (Lipinski definition) is 3. The zero-order valence-electron chi connectivity index (χ0n) is 10.6. The van der Waals surface area contributed by atoms with E-state index >= 15 is 0 Å². The standard InChI is InChI=1S/C14H17Cl2NO2/c15-10-1-2-12(16)13(7-10)17-11-3-5-19-14(8-11)4-6-18-9-14/h1-2,7,11,17H,3-6,8-9H2. The predicted molar refractivity (Wildman–Crippen MR) is 77.2 cm³/mol. The zero-order chi connectivity index (χ0) is 13.3. The molecule has 3 nitrogen and oxygen atoms in total. The molecule has 104 valence electrons. The minimum absolute atomic E-state index is 0.0963. The Morgan fingerprint density at radius 1 is 1.26 bits per heavy atom. The number of anilines is 1. The van der Waals surface area contributed by atoms with Crippen molar-refractivity contribution in [3.8, 4) is 0 Å². The first-order chi connectivity index (χ1) is 9.17. The number of hydrogen-bond donors (Lipinski definition) is 1. The molecule has 0 amide bonds. The summed E-state index contributed by atoms with van der Waals surface area (Å²) in [5, 5.41) is 4.88.